The molecule has 6 heteroatoms. The molecule has 2 aromatic rings. The molecule has 0 aliphatic carbocycles. The Kier molecular flexibility index (Phi) is 4.57. The normalized spacial score (nSPS) is 17.8. The summed E-state index contributed by atoms with van der Waals surface area (Å²) in [5, 5.41) is 10.4. The van der Waals surface area contributed by atoms with E-state index in [4.69, 9.17) is 0 Å². The van der Waals surface area contributed by atoms with Crippen molar-refractivity contribution in [3.8, 4) is 0 Å². The van der Waals surface area contributed by atoms with Crippen LogP contribution in [0.5, 0.6) is 0 Å². The molecule has 1 saturated heterocycles. The van der Waals surface area contributed by atoms with Crippen molar-refractivity contribution in [3.63, 3.8) is 0 Å². The molecule has 5 nitrogen and oxygen atoms in total. The van der Waals surface area contributed by atoms with Crippen molar-refractivity contribution in [1.29, 1.82) is 0 Å². The van der Waals surface area contributed by atoms with Crippen molar-refractivity contribution in [3.05, 3.63) is 53.9 Å². The van der Waals surface area contributed by atoms with Crippen LogP contribution in [0.4, 0.5) is 0 Å². The molecule has 1 amide bonds. The number of aromatic nitrogens is 2. The first-order chi connectivity index (χ1) is 10.3. The summed E-state index contributed by atoms with van der Waals surface area (Å²) in [6.45, 7) is 1.31. The van der Waals surface area contributed by atoms with Crippen molar-refractivity contribution >= 4 is 17.7 Å². The highest BCUT2D eigenvalue weighted by Gasteiger charge is 2.21. The summed E-state index contributed by atoms with van der Waals surface area (Å²) < 4.78 is 1.89. The Morgan fingerprint density at radius 1 is 1.43 bits per heavy atom. The Bertz CT molecular complexity index is 593. The first kappa shape index (κ1) is 14.2. The number of rotatable bonds is 5. The summed E-state index contributed by atoms with van der Waals surface area (Å²) in [5.41, 5.74) is 2.29. The number of nitrogens with one attached hydrogen (secondary N) is 2. The van der Waals surface area contributed by atoms with Crippen LogP contribution in [0.3, 0.4) is 0 Å². The zero-order chi connectivity index (χ0) is 14.5. The topological polar surface area (TPSA) is 59.0 Å². The van der Waals surface area contributed by atoms with E-state index in [-0.39, 0.29) is 11.9 Å². The van der Waals surface area contributed by atoms with Gasteiger partial charge in [-0.3, -0.25) is 14.8 Å². The van der Waals surface area contributed by atoms with Crippen LogP contribution in [0.1, 0.15) is 11.1 Å². The third-order valence-corrected chi connectivity index (χ3v) is 4.33. The van der Waals surface area contributed by atoms with E-state index in [2.05, 4.69) is 27.9 Å². The van der Waals surface area contributed by atoms with Crippen molar-refractivity contribution in [2.24, 2.45) is 0 Å². The lowest BCUT2D eigenvalue weighted by atomic mass is 10.1. The van der Waals surface area contributed by atoms with Gasteiger partial charge >= 0.3 is 0 Å². The predicted octanol–water partition coefficient (Wildman–Crippen LogP) is 1.21. The van der Waals surface area contributed by atoms with E-state index in [1.165, 1.54) is 5.56 Å². The SMILES string of the molecule is O=C(NCc1cccc(Cn2cccn2)c1)C1CSCN1. The third kappa shape index (κ3) is 3.86. The standard InChI is InChI=1S/C15H18N4OS/c20-15(14-10-21-11-17-14)16-8-12-3-1-4-13(7-12)9-19-6-2-5-18-19/h1-7,14,17H,8-11H2,(H,16,20). The summed E-state index contributed by atoms with van der Waals surface area (Å²) >= 11 is 1.76. The molecule has 110 valence electrons. The fourth-order valence-electron chi connectivity index (χ4n) is 2.29. The first-order valence-corrected chi connectivity index (χ1v) is 8.11. The van der Waals surface area contributed by atoms with Crippen molar-refractivity contribution in [2.75, 3.05) is 11.6 Å². The molecule has 3 rings (SSSR count). The second-order valence-electron chi connectivity index (χ2n) is 5.01. The predicted molar refractivity (Wildman–Crippen MR) is 83.9 cm³/mol. The number of benzene rings is 1. The van der Waals surface area contributed by atoms with Gasteiger partial charge < -0.3 is 5.32 Å². The maximum atomic E-state index is 12.0. The van der Waals surface area contributed by atoms with Gasteiger partial charge in [0.05, 0.1) is 12.6 Å². The van der Waals surface area contributed by atoms with Gasteiger partial charge in [-0.25, -0.2) is 0 Å². The first-order valence-electron chi connectivity index (χ1n) is 6.95. The molecule has 0 radical (unpaired) electrons. The average molecular weight is 302 g/mol. The summed E-state index contributed by atoms with van der Waals surface area (Å²) in [6, 6.07) is 10.1. The molecule has 0 bridgehead atoms. The van der Waals surface area contributed by atoms with E-state index in [0.717, 1.165) is 23.7 Å². The minimum Gasteiger partial charge on any atom is -0.351 e. The molecule has 1 aromatic carbocycles. The lowest BCUT2D eigenvalue weighted by Gasteiger charge is -2.11. The number of carbonyl (C=O) groups is 1. The van der Waals surface area contributed by atoms with Crippen LogP contribution in [0, 0.1) is 0 Å². The van der Waals surface area contributed by atoms with Gasteiger partial charge in [-0.15, -0.1) is 11.8 Å². The van der Waals surface area contributed by atoms with E-state index < -0.39 is 0 Å². The number of thioether (sulfide) groups is 1. The molecule has 1 aromatic heterocycles. The molecular formula is C15H18N4OS. The van der Waals surface area contributed by atoms with Crippen molar-refractivity contribution < 1.29 is 4.79 Å². The molecule has 1 atom stereocenters. The fraction of sp³-hybridized carbons (Fsp3) is 0.333. The molecule has 0 saturated carbocycles. The van der Waals surface area contributed by atoms with Gasteiger partial charge in [-0.05, 0) is 17.2 Å². The monoisotopic (exact) mass is 302 g/mol. The number of hydrogen-bond donors (Lipinski definition) is 2. The van der Waals surface area contributed by atoms with Crippen LogP contribution in [-0.4, -0.2) is 33.4 Å². The van der Waals surface area contributed by atoms with Crippen LogP contribution in [-0.2, 0) is 17.9 Å². The summed E-state index contributed by atoms with van der Waals surface area (Å²) in [7, 11) is 0. The van der Waals surface area contributed by atoms with E-state index >= 15 is 0 Å². The van der Waals surface area contributed by atoms with E-state index in [0.29, 0.717) is 6.54 Å². The zero-order valence-corrected chi connectivity index (χ0v) is 12.5. The van der Waals surface area contributed by atoms with Gasteiger partial charge in [-0.2, -0.15) is 5.10 Å². The number of nitrogens with zero attached hydrogens (tertiary/aromatic N) is 2. The Morgan fingerprint density at radius 2 is 2.33 bits per heavy atom. The van der Waals surface area contributed by atoms with Gasteiger partial charge in [0.1, 0.15) is 0 Å². The minimum absolute atomic E-state index is 0.0535. The number of hydrogen-bond acceptors (Lipinski definition) is 4. The Hall–Kier alpha value is -1.79. The van der Waals surface area contributed by atoms with Crippen LogP contribution in [0.15, 0.2) is 42.7 Å². The van der Waals surface area contributed by atoms with Gasteiger partial charge in [0.2, 0.25) is 5.91 Å². The maximum Gasteiger partial charge on any atom is 0.238 e. The third-order valence-electron chi connectivity index (χ3n) is 3.39. The Morgan fingerprint density at radius 3 is 3.10 bits per heavy atom. The molecule has 0 spiro atoms. The molecule has 1 aliphatic rings. The van der Waals surface area contributed by atoms with E-state index in [1.54, 1.807) is 18.0 Å². The largest absolute Gasteiger partial charge is 0.351 e. The van der Waals surface area contributed by atoms with Gasteiger partial charge in [0.15, 0.2) is 0 Å². The summed E-state index contributed by atoms with van der Waals surface area (Å²) in [5.74, 6) is 1.79. The summed E-state index contributed by atoms with van der Waals surface area (Å²) in [6.07, 6.45) is 3.72. The smallest absolute Gasteiger partial charge is 0.238 e. The molecular weight excluding hydrogens is 284 g/mol. The molecule has 21 heavy (non-hydrogen) atoms. The van der Waals surface area contributed by atoms with Crippen molar-refractivity contribution in [2.45, 2.75) is 19.1 Å². The second-order valence-corrected chi connectivity index (χ2v) is 6.04. The van der Waals surface area contributed by atoms with Crippen LogP contribution in [0.2, 0.25) is 0 Å². The fourth-order valence-corrected chi connectivity index (χ4v) is 3.24. The highest BCUT2D eigenvalue weighted by molar-refractivity contribution is 7.99. The van der Waals surface area contributed by atoms with Gasteiger partial charge in [0, 0.05) is 30.6 Å². The Balaban J connectivity index is 1.56. The maximum absolute atomic E-state index is 12.0. The highest BCUT2D eigenvalue weighted by atomic mass is 32.2. The van der Waals surface area contributed by atoms with E-state index in [1.807, 2.05) is 29.1 Å². The van der Waals surface area contributed by atoms with Crippen LogP contribution < -0.4 is 10.6 Å². The average Bonchev–Trinajstić information content (AvgIpc) is 3.18. The number of carbonyl (C=O) groups excluding carboxylic acids is 1. The molecule has 2 N–H and O–H groups in total. The Labute approximate surface area is 128 Å². The minimum atomic E-state index is -0.0535. The summed E-state index contributed by atoms with van der Waals surface area (Å²) in [4.78, 5) is 12.0. The molecule has 2 heterocycles. The molecule has 1 unspecified atom stereocenters. The highest BCUT2D eigenvalue weighted by Crippen LogP contribution is 2.10. The van der Waals surface area contributed by atoms with Gasteiger partial charge in [0.25, 0.3) is 0 Å². The van der Waals surface area contributed by atoms with Gasteiger partial charge in [-0.1, -0.05) is 24.3 Å². The molecule has 1 fully saturated rings. The quantitative estimate of drug-likeness (QED) is 0.871. The van der Waals surface area contributed by atoms with Crippen molar-refractivity contribution in [1.82, 2.24) is 20.4 Å². The lowest BCUT2D eigenvalue weighted by Crippen LogP contribution is -2.41. The number of amides is 1. The second kappa shape index (κ2) is 6.78. The van der Waals surface area contributed by atoms with Crippen LogP contribution >= 0.6 is 11.8 Å². The van der Waals surface area contributed by atoms with Crippen LogP contribution in [0.25, 0.3) is 0 Å². The lowest BCUT2D eigenvalue weighted by molar-refractivity contribution is -0.122. The van der Waals surface area contributed by atoms with E-state index in [9.17, 15) is 4.79 Å². The zero-order valence-electron chi connectivity index (χ0n) is 11.7. The molecule has 1 aliphatic heterocycles.